The number of hydrogen-bond acceptors (Lipinski definition) is 3. The number of fused-ring (bicyclic) bond motifs is 2. The van der Waals surface area contributed by atoms with E-state index in [0.717, 1.165) is 18.4 Å². The Morgan fingerprint density at radius 3 is 2.52 bits per heavy atom. The van der Waals surface area contributed by atoms with Gasteiger partial charge in [-0.15, -0.1) is 0 Å². The Kier molecular flexibility index (Phi) is 4.94. The van der Waals surface area contributed by atoms with Gasteiger partial charge in [-0.3, -0.25) is 9.59 Å². The Morgan fingerprint density at radius 1 is 1.20 bits per heavy atom. The maximum absolute atomic E-state index is 12.5. The first kappa shape index (κ1) is 17.7. The van der Waals surface area contributed by atoms with Crippen LogP contribution in [-0.4, -0.2) is 17.7 Å². The number of hydrogen-bond donors (Lipinski definition) is 0. The summed E-state index contributed by atoms with van der Waals surface area (Å²) in [6.07, 6.45) is 4.94. The van der Waals surface area contributed by atoms with Crippen LogP contribution < -0.4 is 0 Å². The maximum Gasteiger partial charge on any atom is 0.234 e. The summed E-state index contributed by atoms with van der Waals surface area (Å²) in [4.78, 5) is 24.9. The van der Waals surface area contributed by atoms with Crippen molar-refractivity contribution >= 4 is 17.3 Å². The lowest BCUT2D eigenvalue weighted by atomic mass is 9.80. The van der Waals surface area contributed by atoms with Crippen molar-refractivity contribution in [3.05, 3.63) is 52.6 Å². The van der Waals surface area contributed by atoms with Crippen molar-refractivity contribution in [1.82, 2.24) is 0 Å². The lowest BCUT2D eigenvalue weighted by Crippen LogP contribution is -2.33. The minimum absolute atomic E-state index is 0.0586. The summed E-state index contributed by atoms with van der Waals surface area (Å²) >= 11 is 0. The molecular formula is C22H26O3. The van der Waals surface area contributed by atoms with Crippen molar-refractivity contribution < 1.29 is 14.3 Å². The van der Waals surface area contributed by atoms with Crippen molar-refractivity contribution in [2.45, 2.75) is 53.1 Å². The van der Waals surface area contributed by atoms with E-state index in [0.29, 0.717) is 29.2 Å². The fourth-order valence-electron chi connectivity index (χ4n) is 3.68. The molecule has 132 valence electrons. The minimum atomic E-state index is -0.409. The molecule has 2 aliphatic rings. The van der Waals surface area contributed by atoms with Gasteiger partial charge in [-0.1, -0.05) is 64.0 Å². The second-order valence-corrected chi connectivity index (χ2v) is 7.42. The molecule has 0 saturated carbocycles. The van der Waals surface area contributed by atoms with Crippen LogP contribution in [0.1, 0.15) is 62.9 Å². The van der Waals surface area contributed by atoms with E-state index >= 15 is 0 Å². The van der Waals surface area contributed by atoms with Crippen molar-refractivity contribution in [3.8, 4) is 0 Å². The number of ether oxygens (including phenoxy) is 1. The van der Waals surface area contributed by atoms with Gasteiger partial charge in [-0.05, 0) is 24.8 Å². The fourth-order valence-corrected chi connectivity index (χ4v) is 3.68. The molecule has 2 atom stereocenters. The van der Waals surface area contributed by atoms with Crippen molar-refractivity contribution in [1.29, 1.82) is 0 Å². The van der Waals surface area contributed by atoms with Crippen molar-refractivity contribution in [2.75, 3.05) is 0 Å². The predicted octanol–water partition coefficient (Wildman–Crippen LogP) is 4.97. The van der Waals surface area contributed by atoms with Gasteiger partial charge in [0.25, 0.3) is 0 Å². The highest BCUT2D eigenvalue weighted by molar-refractivity contribution is 6.52. The standard InChI is InChI=1S/C22H26O3/c1-5-8-15(13(2)3)12-19-14(4)11-18-21(24)20(23)16-9-6-7-10-17(16)22(18)25-19/h6-7,9-10,12-14,19H,5,8,11H2,1-4H3/b15-12+. The highest BCUT2D eigenvalue weighted by Gasteiger charge is 2.39. The van der Waals surface area contributed by atoms with Gasteiger partial charge in [0, 0.05) is 22.6 Å². The average molecular weight is 338 g/mol. The Hall–Kier alpha value is -2.16. The normalized spacial score (nSPS) is 23.5. The van der Waals surface area contributed by atoms with Crippen LogP contribution >= 0.6 is 0 Å². The molecule has 3 rings (SSSR count). The summed E-state index contributed by atoms with van der Waals surface area (Å²) in [7, 11) is 0. The summed E-state index contributed by atoms with van der Waals surface area (Å²) in [5.41, 5.74) is 3.16. The van der Waals surface area contributed by atoms with E-state index < -0.39 is 11.6 Å². The summed E-state index contributed by atoms with van der Waals surface area (Å²) in [5, 5.41) is 0. The number of rotatable bonds is 4. The predicted molar refractivity (Wildman–Crippen MR) is 99.2 cm³/mol. The molecular weight excluding hydrogens is 312 g/mol. The molecule has 1 aliphatic carbocycles. The van der Waals surface area contributed by atoms with E-state index in [1.54, 1.807) is 12.1 Å². The van der Waals surface area contributed by atoms with Gasteiger partial charge < -0.3 is 4.74 Å². The topological polar surface area (TPSA) is 43.4 Å². The third-order valence-corrected chi connectivity index (χ3v) is 5.17. The van der Waals surface area contributed by atoms with E-state index in [1.807, 2.05) is 12.1 Å². The Morgan fingerprint density at radius 2 is 1.88 bits per heavy atom. The average Bonchev–Trinajstić information content (AvgIpc) is 2.60. The third-order valence-electron chi connectivity index (χ3n) is 5.17. The first-order valence-electron chi connectivity index (χ1n) is 9.22. The first-order valence-corrected chi connectivity index (χ1v) is 9.22. The summed E-state index contributed by atoms with van der Waals surface area (Å²) in [6.45, 7) is 8.69. The van der Waals surface area contributed by atoms with Crippen LogP contribution in [0, 0.1) is 11.8 Å². The highest BCUT2D eigenvalue weighted by Crippen LogP contribution is 2.40. The van der Waals surface area contributed by atoms with Crippen LogP contribution in [0.2, 0.25) is 0 Å². The number of benzene rings is 1. The zero-order valence-electron chi connectivity index (χ0n) is 15.5. The maximum atomic E-state index is 12.5. The summed E-state index contributed by atoms with van der Waals surface area (Å²) < 4.78 is 6.31. The molecule has 1 aliphatic heterocycles. The zero-order chi connectivity index (χ0) is 18.1. The summed E-state index contributed by atoms with van der Waals surface area (Å²) in [5.74, 6) is 0.451. The van der Waals surface area contributed by atoms with Gasteiger partial charge >= 0.3 is 0 Å². The second-order valence-electron chi connectivity index (χ2n) is 7.42. The lowest BCUT2D eigenvalue weighted by molar-refractivity contribution is -0.112. The zero-order valence-corrected chi connectivity index (χ0v) is 15.5. The van der Waals surface area contributed by atoms with Gasteiger partial charge in [0.2, 0.25) is 11.6 Å². The van der Waals surface area contributed by atoms with Gasteiger partial charge in [-0.25, -0.2) is 0 Å². The van der Waals surface area contributed by atoms with E-state index in [9.17, 15) is 9.59 Å². The number of carbonyl (C=O) groups excluding carboxylic acids is 2. The minimum Gasteiger partial charge on any atom is -0.485 e. The molecule has 0 aromatic heterocycles. The van der Waals surface area contributed by atoms with Crippen LogP contribution in [0.25, 0.3) is 5.76 Å². The smallest absolute Gasteiger partial charge is 0.234 e. The van der Waals surface area contributed by atoms with Gasteiger partial charge in [-0.2, -0.15) is 0 Å². The number of carbonyl (C=O) groups is 2. The molecule has 25 heavy (non-hydrogen) atoms. The quantitative estimate of drug-likeness (QED) is 0.575. The highest BCUT2D eigenvalue weighted by atomic mass is 16.5. The Balaban J connectivity index is 2.01. The molecule has 0 saturated heterocycles. The Bertz CT molecular complexity index is 767. The number of ketones is 2. The molecule has 1 aromatic carbocycles. The molecule has 0 fully saturated rings. The Labute approximate surface area is 149 Å². The van der Waals surface area contributed by atoms with Gasteiger partial charge in [0.05, 0.1) is 0 Å². The molecule has 0 radical (unpaired) electrons. The van der Waals surface area contributed by atoms with Crippen LogP contribution in [0.4, 0.5) is 0 Å². The molecule has 3 heteroatoms. The van der Waals surface area contributed by atoms with E-state index in [1.165, 1.54) is 5.57 Å². The van der Waals surface area contributed by atoms with E-state index in [2.05, 4.69) is 33.8 Å². The molecule has 0 bridgehead atoms. The molecule has 0 amide bonds. The SMILES string of the molecule is CCC/C(=C\C1OC2=C(CC1C)C(=O)C(=O)c1ccccc12)C(C)C. The second kappa shape index (κ2) is 6.99. The lowest BCUT2D eigenvalue weighted by Gasteiger charge is -2.34. The first-order chi connectivity index (χ1) is 11.9. The van der Waals surface area contributed by atoms with E-state index in [4.69, 9.17) is 4.74 Å². The fraction of sp³-hybridized carbons (Fsp3) is 0.455. The van der Waals surface area contributed by atoms with Crippen LogP contribution in [-0.2, 0) is 9.53 Å². The van der Waals surface area contributed by atoms with Crippen molar-refractivity contribution in [2.24, 2.45) is 11.8 Å². The third kappa shape index (κ3) is 3.20. The van der Waals surface area contributed by atoms with Gasteiger partial charge in [0.1, 0.15) is 11.9 Å². The molecule has 0 spiro atoms. The molecule has 3 nitrogen and oxygen atoms in total. The van der Waals surface area contributed by atoms with Crippen molar-refractivity contribution in [3.63, 3.8) is 0 Å². The number of allylic oxidation sites excluding steroid dienone is 2. The van der Waals surface area contributed by atoms with E-state index in [-0.39, 0.29) is 12.0 Å². The van der Waals surface area contributed by atoms with Crippen LogP contribution in [0.3, 0.4) is 0 Å². The largest absolute Gasteiger partial charge is 0.485 e. The van der Waals surface area contributed by atoms with Gasteiger partial charge in [0.15, 0.2) is 0 Å². The molecule has 1 heterocycles. The summed E-state index contributed by atoms with van der Waals surface area (Å²) in [6, 6.07) is 7.26. The van der Waals surface area contributed by atoms with Crippen LogP contribution in [0.15, 0.2) is 41.5 Å². The molecule has 1 aromatic rings. The molecule has 2 unspecified atom stereocenters. The molecule has 0 N–H and O–H groups in total. The number of Topliss-reactive ketones (excluding diaryl/α,β-unsaturated/α-hetero) is 2. The van der Waals surface area contributed by atoms with Crippen LogP contribution in [0.5, 0.6) is 0 Å². The monoisotopic (exact) mass is 338 g/mol.